The van der Waals surface area contributed by atoms with Crippen molar-refractivity contribution in [1.82, 2.24) is 4.90 Å². The van der Waals surface area contributed by atoms with E-state index in [1.807, 2.05) is 32.6 Å². The quantitative estimate of drug-likeness (QED) is 0.565. The summed E-state index contributed by atoms with van der Waals surface area (Å²) in [5, 5.41) is 9.46. The molecule has 0 aliphatic carbocycles. The minimum absolute atomic E-state index is 0.0389. The van der Waals surface area contributed by atoms with Crippen LogP contribution in [0.4, 0.5) is 0 Å². The number of amides is 1. The van der Waals surface area contributed by atoms with E-state index in [4.69, 9.17) is 14.0 Å². The summed E-state index contributed by atoms with van der Waals surface area (Å²) in [7, 11) is -4.71. The molecule has 0 radical (unpaired) electrons. The van der Waals surface area contributed by atoms with Crippen LogP contribution in [-0.2, 0) is 18.6 Å². The molecule has 33 heavy (non-hydrogen) atoms. The molecule has 9 nitrogen and oxygen atoms in total. The molecule has 0 aromatic heterocycles. The summed E-state index contributed by atoms with van der Waals surface area (Å²) in [6, 6.07) is 7.00. The number of hydrogen-bond acceptors (Lipinski definition) is 6. The van der Waals surface area contributed by atoms with Crippen LogP contribution in [0.2, 0.25) is 0 Å². The number of fused-ring (bicyclic) bond motifs is 1. The average Bonchev–Trinajstić information content (AvgIpc) is 3.08. The second kappa shape index (κ2) is 8.68. The lowest BCUT2D eigenvalue weighted by Crippen LogP contribution is -2.59. The Morgan fingerprint density at radius 1 is 1.30 bits per heavy atom. The summed E-state index contributed by atoms with van der Waals surface area (Å²) in [4.78, 5) is 33.2. The van der Waals surface area contributed by atoms with Gasteiger partial charge in [-0.3, -0.25) is 9.32 Å². The Balaban J connectivity index is 2.03. The van der Waals surface area contributed by atoms with E-state index in [1.54, 1.807) is 32.0 Å². The third-order valence-corrected chi connectivity index (χ3v) is 6.98. The van der Waals surface area contributed by atoms with Crippen molar-refractivity contribution in [3.05, 3.63) is 29.3 Å². The summed E-state index contributed by atoms with van der Waals surface area (Å²) >= 11 is 0. The van der Waals surface area contributed by atoms with Crippen molar-refractivity contribution in [3.63, 3.8) is 0 Å². The van der Waals surface area contributed by atoms with E-state index in [0.29, 0.717) is 24.3 Å². The number of likely N-dealkylation sites (tertiary alicyclic amines) is 1. The van der Waals surface area contributed by atoms with Crippen molar-refractivity contribution in [2.45, 2.75) is 77.2 Å². The molecule has 1 aromatic carbocycles. The van der Waals surface area contributed by atoms with Gasteiger partial charge >= 0.3 is 7.82 Å². The number of phosphoric acid groups is 1. The topological polar surface area (TPSA) is 129 Å². The second-order valence-corrected chi connectivity index (χ2v) is 11.6. The molecule has 10 heteroatoms. The summed E-state index contributed by atoms with van der Waals surface area (Å²) in [6.07, 6.45) is 1.21. The standard InChI is InChI=1S/C23H33N2O7P/c1-21(2,32-33(27,28)29)14-30-22(3,4)20-19(25-11-7-8-18(25)26)16-12-15(13-24)9-10-17(16)31-23(20,5)6/h9-10,12,19-20H,7-8,11,14H2,1-6H3,(H2,27,28,29). The molecule has 2 atom stereocenters. The fourth-order valence-corrected chi connectivity index (χ4v) is 5.87. The maximum Gasteiger partial charge on any atom is 0.470 e. The first-order valence-corrected chi connectivity index (χ1v) is 12.5. The van der Waals surface area contributed by atoms with Gasteiger partial charge in [-0.1, -0.05) is 0 Å². The number of ether oxygens (including phenoxy) is 2. The van der Waals surface area contributed by atoms with Crippen molar-refractivity contribution >= 4 is 13.7 Å². The van der Waals surface area contributed by atoms with Gasteiger partial charge in [0.25, 0.3) is 0 Å². The number of carbonyl (C=O) groups is 1. The van der Waals surface area contributed by atoms with Crippen molar-refractivity contribution in [2.75, 3.05) is 13.2 Å². The van der Waals surface area contributed by atoms with Gasteiger partial charge in [0.15, 0.2) is 0 Å². The maximum atomic E-state index is 12.9. The summed E-state index contributed by atoms with van der Waals surface area (Å²) < 4.78 is 28.9. The number of rotatable bonds is 7. The maximum absolute atomic E-state index is 12.9. The van der Waals surface area contributed by atoms with Gasteiger partial charge in [0.1, 0.15) is 11.4 Å². The first kappa shape index (κ1) is 25.7. The van der Waals surface area contributed by atoms with Crippen LogP contribution in [0.3, 0.4) is 0 Å². The molecule has 1 saturated heterocycles. The predicted molar refractivity (Wildman–Crippen MR) is 120 cm³/mol. The van der Waals surface area contributed by atoms with Crippen LogP contribution in [0.1, 0.15) is 71.6 Å². The molecule has 1 aromatic rings. The average molecular weight is 480 g/mol. The molecule has 0 spiro atoms. The molecular weight excluding hydrogens is 447 g/mol. The van der Waals surface area contributed by atoms with E-state index in [1.165, 1.54) is 0 Å². The highest BCUT2D eigenvalue weighted by Gasteiger charge is 2.55. The zero-order valence-electron chi connectivity index (χ0n) is 20.0. The Bertz CT molecular complexity index is 1010. The molecule has 0 bridgehead atoms. The van der Waals surface area contributed by atoms with Gasteiger partial charge in [0.05, 0.1) is 41.4 Å². The highest BCUT2D eigenvalue weighted by molar-refractivity contribution is 7.46. The van der Waals surface area contributed by atoms with Gasteiger partial charge in [-0.05, 0) is 66.2 Å². The SMILES string of the molecule is CC(C)(COC(C)(C)C1C(N2CCCC2=O)c2cc(C#N)ccc2OC1(C)C)OP(=O)(O)O. The first-order chi connectivity index (χ1) is 15.1. The lowest BCUT2D eigenvalue weighted by Gasteiger charge is -2.53. The Morgan fingerprint density at radius 3 is 2.52 bits per heavy atom. The Labute approximate surface area is 194 Å². The van der Waals surface area contributed by atoms with Gasteiger partial charge in [-0.15, -0.1) is 0 Å². The number of phosphoric ester groups is 1. The van der Waals surface area contributed by atoms with Gasteiger partial charge in [0.2, 0.25) is 5.91 Å². The Hall–Kier alpha value is -1.95. The van der Waals surface area contributed by atoms with Crippen LogP contribution in [0.25, 0.3) is 0 Å². The van der Waals surface area contributed by atoms with Gasteiger partial charge < -0.3 is 24.2 Å². The molecule has 2 unspecified atom stereocenters. The van der Waals surface area contributed by atoms with Crippen LogP contribution >= 0.6 is 7.82 Å². The van der Waals surface area contributed by atoms with Crippen molar-refractivity contribution in [1.29, 1.82) is 5.26 Å². The van der Waals surface area contributed by atoms with Crippen LogP contribution in [0, 0.1) is 17.2 Å². The Kier molecular flexibility index (Phi) is 6.75. The highest BCUT2D eigenvalue weighted by atomic mass is 31.2. The number of nitrogens with zero attached hydrogens (tertiary/aromatic N) is 2. The third-order valence-electron chi connectivity index (χ3n) is 6.25. The van der Waals surface area contributed by atoms with Crippen molar-refractivity contribution in [3.8, 4) is 11.8 Å². The van der Waals surface area contributed by atoms with Crippen LogP contribution in [-0.4, -0.2) is 50.5 Å². The lowest BCUT2D eigenvalue weighted by molar-refractivity contribution is -0.177. The van der Waals surface area contributed by atoms with Gasteiger partial charge in [-0.25, -0.2) is 4.57 Å². The van der Waals surface area contributed by atoms with Gasteiger partial charge in [-0.2, -0.15) is 5.26 Å². The minimum Gasteiger partial charge on any atom is -0.487 e. The number of carbonyl (C=O) groups excluding carboxylic acids is 1. The third kappa shape index (κ3) is 5.59. The molecule has 0 saturated carbocycles. The molecule has 2 aliphatic rings. The van der Waals surface area contributed by atoms with E-state index in [2.05, 4.69) is 6.07 Å². The molecular formula is C23H33N2O7P. The van der Waals surface area contributed by atoms with Gasteiger partial charge in [0, 0.05) is 18.5 Å². The number of hydrogen-bond donors (Lipinski definition) is 2. The van der Waals surface area contributed by atoms with Crippen LogP contribution < -0.4 is 4.74 Å². The number of nitriles is 1. The molecule has 3 rings (SSSR count). The van der Waals surface area contributed by atoms with E-state index in [0.717, 1.165) is 12.0 Å². The molecule has 1 fully saturated rings. The highest BCUT2D eigenvalue weighted by Crippen LogP contribution is 2.53. The molecule has 2 N–H and O–H groups in total. The van der Waals surface area contributed by atoms with Crippen LogP contribution in [0.15, 0.2) is 18.2 Å². The smallest absolute Gasteiger partial charge is 0.470 e. The van der Waals surface area contributed by atoms with Crippen molar-refractivity contribution < 1.29 is 33.1 Å². The zero-order valence-corrected chi connectivity index (χ0v) is 20.9. The molecule has 2 heterocycles. The lowest BCUT2D eigenvalue weighted by atomic mass is 9.69. The van der Waals surface area contributed by atoms with Crippen LogP contribution in [0.5, 0.6) is 5.75 Å². The van der Waals surface area contributed by atoms with Crippen molar-refractivity contribution in [2.24, 2.45) is 5.92 Å². The van der Waals surface area contributed by atoms with E-state index < -0.39 is 30.7 Å². The van der Waals surface area contributed by atoms with E-state index in [9.17, 15) is 24.4 Å². The fourth-order valence-electron chi connectivity index (χ4n) is 5.17. The summed E-state index contributed by atoms with van der Waals surface area (Å²) in [6.45, 7) is 11.2. The summed E-state index contributed by atoms with van der Waals surface area (Å²) in [5.41, 5.74) is -1.67. The zero-order chi connectivity index (χ0) is 24.8. The monoisotopic (exact) mass is 480 g/mol. The Morgan fingerprint density at radius 2 is 1.97 bits per heavy atom. The first-order valence-electron chi connectivity index (χ1n) is 11.0. The van der Waals surface area contributed by atoms with E-state index in [-0.39, 0.29) is 18.4 Å². The fraction of sp³-hybridized carbons (Fsp3) is 0.652. The predicted octanol–water partition coefficient (Wildman–Crippen LogP) is 3.69. The molecule has 2 aliphatic heterocycles. The molecule has 1 amide bonds. The molecule has 182 valence electrons. The van der Waals surface area contributed by atoms with E-state index >= 15 is 0 Å². The number of benzene rings is 1. The minimum atomic E-state index is -4.71. The normalized spacial score (nSPS) is 23.1. The second-order valence-electron chi connectivity index (χ2n) is 10.4. The largest absolute Gasteiger partial charge is 0.487 e. The summed E-state index contributed by atoms with van der Waals surface area (Å²) in [5.74, 6) is 0.303.